The van der Waals surface area contributed by atoms with Crippen LogP contribution in [0.2, 0.25) is 0 Å². The first-order valence-electron chi connectivity index (χ1n) is 8.71. The standard InChI is InChI=1S/C19H28N2O2/c1-15-4-3-5-17(12-15)19(7-8-19)18(22)20-13-16-6-9-21(14-16)10-11-23-2/h3-5,12,16H,6-11,13-14H2,1-2H3,(H,20,22)/t16-/m1/s1. The third kappa shape index (κ3) is 3.75. The van der Waals surface area contributed by atoms with Crippen molar-refractivity contribution in [3.8, 4) is 0 Å². The quantitative estimate of drug-likeness (QED) is 0.838. The minimum absolute atomic E-state index is 0.221. The molecule has 0 aromatic heterocycles. The van der Waals surface area contributed by atoms with E-state index in [1.807, 2.05) is 0 Å². The van der Waals surface area contributed by atoms with Crippen LogP contribution in [0.3, 0.4) is 0 Å². The maximum atomic E-state index is 12.7. The number of aryl methyl sites for hydroxylation is 1. The number of nitrogens with one attached hydrogen (secondary N) is 1. The molecule has 2 fully saturated rings. The molecule has 1 N–H and O–H groups in total. The number of methoxy groups -OCH3 is 1. The molecular formula is C19H28N2O2. The monoisotopic (exact) mass is 316 g/mol. The second kappa shape index (κ2) is 7.02. The molecule has 1 aromatic carbocycles. The summed E-state index contributed by atoms with van der Waals surface area (Å²) >= 11 is 0. The van der Waals surface area contributed by atoms with Crippen LogP contribution in [0, 0.1) is 12.8 Å². The third-order valence-corrected chi connectivity index (χ3v) is 5.29. The van der Waals surface area contributed by atoms with E-state index in [1.165, 1.54) is 17.5 Å². The van der Waals surface area contributed by atoms with Gasteiger partial charge < -0.3 is 15.0 Å². The number of ether oxygens (including phenoxy) is 1. The molecule has 4 heteroatoms. The smallest absolute Gasteiger partial charge is 0.230 e. The average molecular weight is 316 g/mol. The predicted molar refractivity (Wildman–Crippen MR) is 91.5 cm³/mol. The van der Waals surface area contributed by atoms with Crippen LogP contribution in [-0.2, 0) is 14.9 Å². The van der Waals surface area contributed by atoms with Gasteiger partial charge in [0.05, 0.1) is 12.0 Å². The van der Waals surface area contributed by atoms with Crippen molar-refractivity contribution in [3.63, 3.8) is 0 Å². The molecule has 0 unspecified atom stereocenters. The molecule has 2 aliphatic rings. The summed E-state index contributed by atoms with van der Waals surface area (Å²) in [6.07, 6.45) is 3.13. The van der Waals surface area contributed by atoms with Crippen LogP contribution in [0.4, 0.5) is 0 Å². The summed E-state index contributed by atoms with van der Waals surface area (Å²) in [6.45, 7) is 6.86. The van der Waals surface area contributed by atoms with Gasteiger partial charge in [0, 0.05) is 26.7 Å². The van der Waals surface area contributed by atoms with Crippen LogP contribution in [0.5, 0.6) is 0 Å². The maximum absolute atomic E-state index is 12.7. The van der Waals surface area contributed by atoms with Crippen molar-refractivity contribution in [2.24, 2.45) is 5.92 Å². The molecule has 3 rings (SSSR count). The van der Waals surface area contributed by atoms with Crippen molar-refractivity contribution < 1.29 is 9.53 Å². The largest absolute Gasteiger partial charge is 0.383 e. The Balaban J connectivity index is 1.50. The highest BCUT2D eigenvalue weighted by atomic mass is 16.5. The lowest BCUT2D eigenvalue weighted by Gasteiger charge is -2.19. The lowest BCUT2D eigenvalue weighted by Crippen LogP contribution is -2.38. The van der Waals surface area contributed by atoms with Crippen LogP contribution < -0.4 is 5.32 Å². The fourth-order valence-electron chi connectivity index (χ4n) is 3.62. The summed E-state index contributed by atoms with van der Waals surface area (Å²) in [4.78, 5) is 15.1. The van der Waals surface area contributed by atoms with Crippen molar-refractivity contribution >= 4 is 5.91 Å². The van der Waals surface area contributed by atoms with E-state index in [0.717, 1.165) is 45.6 Å². The molecule has 1 aliphatic carbocycles. The number of carbonyl (C=O) groups excluding carboxylic acids is 1. The van der Waals surface area contributed by atoms with Crippen LogP contribution in [-0.4, -0.2) is 50.7 Å². The minimum Gasteiger partial charge on any atom is -0.383 e. The molecule has 0 radical (unpaired) electrons. The van der Waals surface area contributed by atoms with Crippen molar-refractivity contribution in [2.75, 3.05) is 39.9 Å². The molecule has 1 aromatic rings. The van der Waals surface area contributed by atoms with E-state index in [2.05, 4.69) is 41.4 Å². The Morgan fingerprint density at radius 2 is 2.26 bits per heavy atom. The average Bonchev–Trinajstić information content (AvgIpc) is 3.25. The first-order valence-corrected chi connectivity index (χ1v) is 8.71. The maximum Gasteiger partial charge on any atom is 0.230 e. The van der Waals surface area contributed by atoms with Gasteiger partial charge in [-0.2, -0.15) is 0 Å². The first-order chi connectivity index (χ1) is 11.1. The summed E-state index contributed by atoms with van der Waals surface area (Å²) in [5.74, 6) is 0.794. The number of amides is 1. The number of likely N-dealkylation sites (tertiary alicyclic amines) is 1. The summed E-state index contributed by atoms with van der Waals surface area (Å²) in [7, 11) is 1.74. The molecular weight excluding hydrogens is 288 g/mol. The second-order valence-corrected chi connectivity index (χ2v) is 7.11. The Hall–Kier alpha value is -1.39. The fraction of sp³-hybridized carbons (Fsp3) is 0.632. The number of hydrogen-bond donors (Lipinski definition) is 1. The molecule has 23 heavy (non-hydrogen) atoms. The van der Waals surface area contributed by atoms with E-state index in [1.54, 1.807) is 7.11 Å². The molecule has 126 valence electrons. The van der Waals surface area contributed by atoms with Crippen LogP contribution >= 0.6 is 0 Å². The summed E-state index contributed by atoms with van der Waals surface area (Å²) in [5.41, 5.74) is 2.16. The summed E-state index contributed by atoms with van der Waals surface area (Å²) in [5, 5.41) is 3.23. The molecule has 1 aliphatic heterocycles. The number of hydrogen-bond acceptors (Lipinski definition) is 3. The van der Waals surface area contributed by atoms with Crippen LogP contribution in [0.15, 0.2) is 24.3 Å². The van der Waals surface area contributed by atoms with Gasteiger partial charge >= 0.3 is 0 Å². The van der Waals surface area contributed by atoms with E-state index in [4.69, 9.17) is 4.74 Å². The first kappa shape index (κ1) is 16.5. The van der Waals surface area contributed by atoms with Crippen molar-refractivity contribution in [2.45, 2.75) is 31.6 Å². The van der Waals surface area contributed by atoms with Crippen molar-refractivity contribution in [1.29, 1.82) is 0 Å². The molecule has 1 saturated heterocycles. The Kier molecular flexibility index (Phi) is 5.02. The molecule has 0 bridgehead atoms. The fourth-order valence-corrected chi connectivity index (χ4v) is 3.62. The van der Waals surface area contributed by atoms with E-state index < -0.39 is 0 Å². The zero-order valence-electron chi connectivity index (χ0n) is 14.3. The zero-order valence-corrected chi connectivity index (χ0v) is 14.3. The highest BCUT2D eigenvalue weighted by molar-refractivity contribution is 5.91. The minimum atomic E-state index is -0.250. The highest BCUT2D eigenvalue weighted by Gasteiger charge is 2.51. The third-order valence-electron chi connectivity index (χ3n) is 5.29. The van der Waals surface area contributed by atoms with E-state index in [-0.39, 0.29) is 11.3 Å². The Morgan fingerprint density at radius 1 is 1.43 bits per heavy atom. The second-order valence-electron chi connectivity index (χ2n) is 7.11. The number of rotatable bonds is 7. The molecule has 1 amide bonds. The normalized spacial score (nSPS) is 23.0. The lowest BCUT2D eigenvalue weighted by molar-refractivity contribution is -0.123. The van der Waals surface area contributed by atoms with Gasteiger partial charge in [-0.05, 0) is 44.2 Å². The van der Waals surface area contributed by atoms with Gasteiger partial charge in [0.25, 0.3) is 0 Å². The van der Waals surface area contributed by atoms with Gasteiger partial charge in [-0.3, -0.25) is 4.79 Å². The van der Waals surface area contributed by atoms with Crippen molar-refractivity contribution in [3.05, 3.63) is 35.4 Å². The molecule has 0 spiro atoms. The topological polar surface area (TPSA) is 41.6 Å². The van der Waals surface area contributed by atoms with Gasteiger partial charge in [-0.1, -0.05) is 29.8 Å². The molecule has 1 saturated carbocycles. The lowest BCUT2D eigenvalue weighted by atomic mass is 9.93. The Morgan fingerprint density at radius 3 is 2.96 bits per heavy atom. The van der Waals surface area contributed by atoms with Crippen molar-refractivity contribution in [1.82, 2.24) is 10.2 Å². The van der Waals surface area contributed by atoms with Gasteiger partial charge in [0.15, 0.2) is 0 Å². The van der Waals surface area contributed by atoms with Gasteiger partial charge in [-0.15, -0.1) is 0 Å². The molecule has 1 heterocycles. The molecule has 1 atom stereocenters. The number of benzene rings is 1. The van der Waals surface area contributed by atoms with Gasteiger partial charge in [0.2, 0.25) is 5.91 Å². The van der Waals surface area contributed by atoms with Crippen LogP contribution in [0.1, 0.15) is 30.4 Å². The Labute approximate surface area is 139 Å². The predicted octanol–water partition coefficient (Wildman–Crippen LogP) is 2.11. The van der Waals surface area contributed by atoms with E-state index in [9.17, 15) is 4.79 Å². The highest BCUT2D eigenvalue weighted by Crippen LogP contribution is 2.48. The van der Waals surface area contributed by atoms with Crippen LogP contribution in [0.25, 0.3) is 0 Å². The Bertz CT molecular complexity index is 554. The zero-order chi connectivity index (χ0) is 16.3. The SMILES string of the molecule is COCCN1CC[C@H](CNC(=O)C2(c3cccc(C)c3)CC2)C1. The van der Waals surface area contributed by atoms with E-state index in [0.29, 0.717) is 5.92 Å². The summed E-state index contributed by atoms with van der Waals surface area (Å²) < 4.78 is 5.14. The van der Waals surface area contributed by atoms with E-state index >= 15 is 0 Å². The molecule has 4 nitrogen and oxygen atoms in total. The number of nitrogens with zero attached hydrogens (tertiary/aromatic N) is 1. The van der Waals surface area contributed by atoms with Gasteiger partial charge in [0.1, 0.15) is 0 Å². The summed E-state index contributed by atoms with van der Waals surface area (Å²) in [6, 6.07) is 8.41. The number of carbonyl (C=O) groups is 1. The van der Waals surface area contributed by atoms with Gasteiger partial charge in [-0.25, -0.2) is 0 Å².